The van der Waals surface area contributed by atoms with Gasteiger partial charge in [0.25, 0.3) is 5.91 Å². The van der Waals surface area contributed by atoms with E-state index in [0.29, 0.717) is 21.9 Å². The molecule has 0 saturated heterocycles. The van der Waals surface area contributed by atoms with Gasteiger partial charge in [0.15, 0.2) is 0 Å². The molecule has 0 spiro atoms. The van der Waals surface area contributed by atoms with Crippen molar-refractivity contribution in [2.45, 2.75) is 0 Å². The van der Waals surface area contributed by atoms with Crippen LogP contribution in [0.25, 0.3) is 0 Å². The molecule has 0 aliphatic rings. The Labute approximate surface area is 165 Å². The number of esters is 1. The molecule has 5 nitrogen and oxygen atoms in total. The van der Waals surface area contributed by atoms with Crippen molar-refractivity contribution >= 4 is 29.7 Å². The number of hydrogen-bond acceptors (Lipinski definition) is 4. The van der Waals surface area contributed by atoms with Gasteiger partial charge in [-0.25, -0.2) is 14.6 Å². The molecule has 0 heterocycles. The second kappa shape index (κ2) is 8.92. The number of amides is 1. The summed E-state index contributed by atoms with van der Waals surface area (Å²) in [5, 5.41) is 4.38. The Balaban J connectivity index is 1.61. The van der Waals surface area contributed by atoms with Crippen molar-refractivity contribution in [3.63, 3.8) is 0 Å². The first-order valence-corrected chi connectivity index (χ1v) is 8.56. The number of ether oxygens (including phenoxy) is 1. The van der Waals surface area contributed by atoms with Gasteiger partial charge in [-0.1, -0.05) is 23.7 Å². The van der Waals surface area contributed by atoms with E-state index < -0.39 is 17.7 Å². The van der Waals surface area contributed by atoms with Crippen LogP contribution in [0.3, 0.4) is 0 Å². The zero-order valence-corrected chi connectivity index (χ0v) is 15.2. The van der Waals surface area contributed by atoms with Crippen molar-refractivity contribution in [2.24, 2.45) is 5.10 Å². The van der Waals surface area contributed by atoms with Gasteiger partial charge in [0, 0.05) is 10.6 Å². The number of nitrogens with zero attached hydrogens (tertiary/aromatic N) is 1. The van der Waals surface area contributed by atoms with Crippen molar-refractivity contribution in [2.75, 3.05) is 0 Å². The lowest BCUT2D eigenvalue weighted by atomic mass is 10.2. The molecule has 7 heteroatoms. The smallest absolute Gasteiger partial charge is 0.343 e. The molecule has 0 saturated carbocycles. The predicted octanol–water partition coefficient (Wildman–Crippen LogP) is 4.46. The van der Waals surface area contributed by atoms with Gasteiger partial charge in [-0.3, -0.25) is 4.79 Å². The molecule has 0 fully saturated rings. The first kappa shape index (κ1) is 19.3. The lowest BCUT2D eigenvalue weighted by Crippen LogP contribution is -2.17. The molecule has 140 valence electrons. The minimum atomic E-state index is -0.518. The number of nitrogens with one attached hydrogen (secondary N) is 1. The van der Waals surface area contributed by atoms with Crippen LogP contribution in [-0.4, -0.2) is 18.1 Å². The molecule has 28 heavy (non-hydrogen) atoms. The summed E-state index contributed by atoms with van der Waals surface area (Å²) in [5.74, 6) is -1.09. The number of benzene rings is 3. The number of halogens is 2. The zero-order chi connectivity index (χ0) is 19.9. The molecule has 0 radical (unpaired) electrons. The fourth-order valence-electron chi connectivity index (χ4n) is 2.24. The lowest BCUT2D eigenvalue weighted by molar-refractivity contribution is 0.0734. The monoisotopic (exact) mass is 396 g/mol. The summed E-state index contributed by atoms with van der Waals surface area (Å²) >= 11 is 5.80. The number of carbonyl (C=O) groups excluding carboxylic acids is 2. The Bertz CT molecular complexity index is 1020. The lowest BCUT2D eigenvalue weighted by Gasteiger charge is -2.05. The number of hydrogen-bond donors (Lipinski definition) is 1. The number of hydrazone groups is 1. The van der Waals surface area contributed by atoms with Gasteiger partial charge in [0.05, 0.1) is 11.8 Å². The van der Waals surface area contributed by atoms with Crippen LogP contribution in [-0.2, 0) is 0 Å². The van der Waals surface area contributed by atoms with Crippen LogP contribution < -0.4 is 10.2 Å². The third-order valence-corrected chi connectivity index (χ3v) is 3.89. The van der Waals surface area contributed by atoms with Gasteiger partial charge >= 0.3 is 5.97 Å². The molecular formula is C21H14ClFN2O3. The van der Waals surface area contributed by atoms with E-state index in [-0.39, 0.29) is 5.56 Å². The summed E-state index contributed by atoms with van der Waals surface area (Å²) in [6.07, 6.45) is 1.40. The second-order valence-electron chi connectivity index (χ2n) is 5.67. The van der Waals surface area contributed by atoms with Gasteiger partial charge in [0.1, 0.15) is 11.6 Å². The fraction of sp³-hybridized carbons (Fsp3) is 0. The molecule has 1 N–H and O–H groups in total. The quantitative estimate of drug-likeness (QED) is 0.299. The SMILES string of the molecule is O=C(N/N=C\c1cccc(OC(=O)c2ccc(Cl)cc2)c1)c1ccc(F)cc1. The highest BCUT2D eigenvalue weighted by molar-refractivity contribution is 6.30. The zero-order valence-electron chi connectivity index (χ0n) is 14.4. The van der Waals surface area contributed by atoms with Gasteiger partial charge < -0.3 is 4.74 Å². The second-order valence-corrected chi connectivity index (χ2v) is 6.11. The van der Waals surface area contributed by atoms with Crippen LogP contribution in [0.5, 0.6) is 5.75 Å². The summed E-state index contributed by atoms with van der Waals surface area (Å²) in [7, 11) is 0. The minimum Gasteiger partial charge on any atom is -0.423 e. The fourth-order valence-corrected chi connectivity index (χ4v) is 2.37. The molecule has 0 aliphatic heterocycles. The molecule has 0 unspecified atom stereocenters. The van der Waals surface area contributed by atoms with E-state index in [1.165, 1.54) is 30.5 Å². The average Bonchev–Trinajstić information content (AvgIpc) is 2.69. The summed E-state index contributed by atoms with van der Waals surface area (Å²) in [4.78, 5) is 24.1. The van der Waals surface area contributed by atoms with E-state index in [1.807, 2.05) is 0 Å². The van der Waals surface area contributed by atoms with E-state index in [4.69, 9.17) is 16.3 Å². The maximum absolute atomic E-state index is 12.9. The van der Waals surface area contributed by atoms with E-state index in [1.54, 1.807) is 48.5 Å². The highest BCUT2D eigenvalue weighted by atomic mass is 35.5. The third-order valence-electron chi connectivity index (χ3n) is 3.63. The molecular weight excluding hydrogens is 383 g/mol. The van der Waals surface area contributed by atoms with E-state index in [9.17, 15) is 14.0 Å². The standard InChI is InChI=1S/C21H14ClFN2O3/c22-17-8-4-16(5-9-17)21(27)28-19-3-1-2-14(12-19)13-24-25-20(26)15-6-10-18(23)11-7-15/h1-13H,(H,25,26)/b24-13-. The van der Waals surface area contributed by atoms with Crippen LogP contribution >= 0.6 is 11.6 Å². The van der Waals surface area contributed by atoms with Crippen molar-refractivity contribution < 1.29 is 18.7 Å². The predicted molar refractivity (Wildman–Crippen MR) is 104 cm³/mol. The third kappa shape index (κ3) is 5.25. The number of carbonyl (C=O) groups is 2. The highest BCUT2D eigenvalue weighted by Crippen LogP contribution is 2.16. The van der Waals surface area contributed by atoms with Crippen molar-refractivity contribution in [1.82, 2.24) is 5.43 Å². The van der Waals surface area contributed by atoms with Gasteiger partial charge in [-0.2, -0.15) is 5.10 Å². The summed E-state index contributed by atoms with van der Waals surface area (Å²) < 4.78 is 18.2. The Morgan fingerprint density at radius 3 is 2.36 bits per heavy atom. The van der Waals surface area contributed by atoms with Gasteiger partial charge in [-0.15, -0.1) is 0 Å². The van der Waals surface area contributed by atoms with E-state index in [0.717, 1.165) is 0 Å². The Kier molecular flexibility index (Phi) is 6.14. The maximum Gasteiger partial charge on any atom is 0.343 e. The average molecular weight is 397 g/mol. The van der Waals surface area contributed by atoms with Crippen molar-refractivity contribution in [3.8, 4) is 5.75 Å². The molecule has 3 aromatic rings. The largest absolute Gasteiger partial charge is 0.423 e. The molecule has 3 rings (SSSR count). The molecule has 0 aromatic heterocycles. The van der Waals surface area contributed by atoms with Crippen LogP contribution in [0, 0.1) is 5.82 Å². The number of rotatable bonds is 5. The van der Waals surface area contributed by atoms with Crippen LogP contribution in [0.4, 0.5) is 4.39 Å². The Hall–Kier alpha value is -3.51. The van der Waals surface area contributed by atoms with E-state index in [2.05, 4.69) is 10.5 Å². The molecule has 0 bridgehead atoms. The van der Waals surface area contributed by atoms with Gasteiger partial charge in [-0.05, 0) is 66.2 Å². The van der Waals surface area contributed by atoms with Gasteiger partial charge in [0.2, 0.25) is 0 Å². The molecule has 0 aliphatic carbocycles. The molecule has 3 aromatic carbocycles. The van der Waals surface area contributed by atoms with E-state index >= 15 is 0 Å². The Morgan fingerprint density at radius 1 is 0.964 bits per heavy atom. The summed E-state index contributed by atoms with van der Waals surface area (Å²) in [6.45, 7) is 0. The minimum absolute atomic E-state index is 0.282. The topological polar surface area (TPSA) is 67.8 Å². The van der Waals surface area contributed by atoms with Crippen molar-refractivity contribution in [3.05, 3.63) is 100 Å². The van der Waals surface area contributed by atoms with Crippen molar-refractivity contribution in [1.29, 1.82) is 0 Å². The summed E-state index contributed by atoms with van der Waals surface area (Å²) in [6, 6.07) is 18.1. The normalized spacial score (nSPS) is 10.6. The van der Waals surface area contributed by atoms with Crippen LogP contribution in [0.15, 0.2) is 77.9 Å². The molecule has 1 amide bonds. The maximum atomic E-state index is 12.9. The first-order valence-electron chi connectivity index (χ1n) is 8.18. The Morgan fingerprint density at radius 2 is 1.64 bits per heavy atom. The van der Waals surface area contributed by atoms with Crippen LogP contribution in [0.2, 0.25) is 5.02 Å². The first-order chi connectivity index (χ1) is 13.5. The summed E-state index contributed by atoms with van der Waals surface area (Å²) in [5.41, 5.74) is 3.61. The van der Waals surface area contributed by atoms with Crippen LogP contribution in [0.1, 0.15) is 26.3 Å². The molecule has 0 atom stereocenters. The highest BCUT2D eigenvalue weighted by Gasteiger charge is 2.08.